The van der Waals surface area contributed by atoms with Crippen LogP contribution in [0.15, 0.2) is 24.5 Å². The molecule has 21 heavy (non-hydrogen) atoms. The number of aryl methyl sites for hydroxylation is 1. The summed E-state index contributed by atoms with van der Waals surface area (Å²) in [7, 11) is 0. The van der Waals surface area contributed by atoms with Gasteiger partial charge in [0.15, 0.2) is 5.82 Å². The second-order valence-corrected chi connectivity index (χ2v) is 6.13. The Morgan fingerprint density at radius 3 is 3.00 bits per heavy atom. The van der Waals surface area contributed by atoms with Crippen LogP contribution in [0.1, 0.15) is 29.8 Å². The zero-order valence-corrected chi connectivity index (χ0v) is 12.4. The van der Waals surface area contributed by atoms with E-state index in [4.69, 9.17) is 0 Å². The molecule has 0 amide bonds. The Bertz CT molecular complexity index is 644. The van der Waals surface area contributed by atoms with Crippen molar-refractivity contribution in [1.82, 2.24) is 20.1 Å². The van der Waals surface area contributed by atoms with Crippen molar-refractivity contribution >= 4 is 5.69 Å². The van der Waals surface area contributed by atoms with E-state index in [1.807, 2.05) is 6.33 Å². The van der Waals surface area contributed by atoms with Crippen LogP contribution in [0.2, 0.25) is 0 Å². The van der Waals surface area contributed by atoms with E-state index in [9.17, 15) is 0 Å². The minimum Gasteiger partial charge on any atom is -0.362 e. The number of hydrogen-bond acceptors (Lipinski definition) is 4. The minimum absolute atomic E-state index is 0.762. The molecule has 2 aromatic rings. The average molecular weight is 283 g/mol. The van der Waals surface area contributed by atoms with Gasteiger partial charge in [0.1, 0.15) is 6.33 Å². The first-order valence-corrected chi connectivity index (χ1v) is 7.74. The molecule has 1 saturated carbocycles. The van der Waals surface area contributed by atoms with Crippen molar-refractivity contribution in [1.29, 1.82) is 0 Å². The molecule has 1 N–H and O–H groups in total. The monoisotopic (exact) mass is 283 g/mol. The van der Waals surface area contributed by atoms with Gasteiger partial charge in [-0.25, -0.2) is 0 Å². The lowest BCUT2D eigenvalue weighted by Crippen LogP contribution is -2.33. The molecule has 2 aliphatic rings. The van der Waals surface area contributed by atoms with Gasteiger partial charge >= 0.3 is 0 Å². The van der Waals surface area contributed by atoms with E-state index in [0.717, 1.165) is 38.0 Å². The van der Waals surface area contributed by atoms with E-state index >= 15 is 0 Å². The van der Waals surface area contributed by atoms with Crippen molar-refractivity contribution < 1.29 is 0 Å². The molecule has 0 atom stereocenters. The van der Waals surface area contributed by atoms with Crippen LogP contribution < -0.4 is 10.2 Å². The van der Waals surface area contributed by atoms with Crippen LogP contribution in [0.3, 0.4) is 0 Å². The van der Waals surface area contributed by atoms with Gasteiger partial charge in [-0.15, -0.1) is 10.2 Å². The molecule has 0 radical (unpaired) electrons. The van der Waals surface area contributed by atoms with Crippen LogP contribution in [0.5, 0.6) is 0 Å². The number of anilines is 1. The summed E-state index contributed by atoms with van der Waals surface area (Å²) in [5, 5.41) is 11.8. The third-order valence-corrected chi connectivity index (χ3v) is 4.49. The van der Waals surface area contributed by atoms with Gasteiger partial charge in [0.05, 0.1) is 6.54 Å². The summed E-state index contributed by atoms with van der Waals surface area (Å²) in [6.07, 6.45) is 4.50. The van der Waals surface area contributed by atoms with Gasteiger partial charge in [0, 0.05) is 31.4 Å². The lowest BCUT2D eigenvalue weighted by Gasteiger charge is -2.29. The fraction of sp³-hybridized carbons (Fsp3) is 0.500. The highest BCUT2D eigenvalue weighted by atomic mass is 15.3. The van der Waals surface area contributed by atoms with Gasteiger partial charge in [-0.05, 0) is 43.0 Å². The van der Waals surface area contributed by atoms with Crippen LogP contribution >= 0.6 is 0 Å². The van der Waals surface area contributed by atoms with Gasteiger partial charge in [-0.1, -0.05) is 6.07 Å². The molecule has 110 valence electrons. The summed E-state index contributed by atoms with van der Waals surface area (Å²) in [6.45, 7) is 6.03. The molecule has 0 unspecified atom stereocenters. The summed E-state index contributed by atoms with van der Waals surface area (Å²) in [4.78, 5) is 2.38. The summed E-state index contributed by atoms with van der Waals surface area (Å²) in [5.74, 6) is 1.05. The van der Waals surface area contributed by atoms with Crippen LogP contribution in [0, 0.1) is 6.92 Å². The molecular formula is C16H21N5. The molecule has 0 bridgehead atoms. The van der Waals surface area contributed by atoms with E-state index in [0.29, 0.717) is 0 Å². The summed E-state index contributed by atoms with van der Waals surface area (Å²) >= 11 is 0. The molecule has 1 aliphatic carbocycles. The first-order chi connectivity index (χ1) is 10.3. The van der Waals surface area contributed by atoms with Gasteiger partial charge in [-0.3, -0.25) is 0 Å². The maximum absolute atomic E-state index is 4.19. The van der Waals surface area contributed by atoms with E-state index < -0.39 is 0 Å². The molecular weight excluding hydrogens is 262 g/mol. The fourth-order valence-electron chi connectivity index (χ4n) is 2.90. The number of aromatic nitrogens is 3. The Morgan fingerprint density at radius 2 is 2.19 bits per heavy atom. The van der Waals surface area contributed by atoms with E-state index in [1.165, 1.54) is 29.7 Å². The van der Waals surface area contributed by atoms with Crippen molar-refractivity contribution in [3.05, 3.63) is 41.5 Å². The smallest absolute Gasteiger partial charge is 0.152 e. The van der Waals surface area contributed by atoms with Crippen molar-refractivity contribution in [3.63, 3.8) is 0 Å². The molecule has 1 aromatic heterocycles. The molecule has 5 heteroatoms. The van der Waals surface area contributed by atoms with Crippen LogP contribution in [-0.2, 0) is 19.6 Å². The third kappa shape index (κ3) is 2.65. The Balaban J connectivity index is 1.49. The molecule has 0 spiro atoms. The topological polar surface area (TPSA) is 46.0 Å². The van der Waals surface area contributed by atoms with Crippen molar-refractivity contribution in [2.24, 2.45) is 0 Å². The largest absolute Gasteiger partial charge is 0.362 e. The summed E-state index contributed by atoms with van der Waals surface area (Å²) in [6, 6.07) is 7.57. The predicted molar refractivity (Wildman–Crippen MR) is 82.1 cm³/mol. The highest BCUT2D eigenvalue weighted by Crippen LogP contribution is 2.24. The first-order valence-electron chi connectivity index (χ1n) is 7.74. The van der Waals surface area contributed by atoms with Crippen LogP contribution in [-0.4, -0.2) is 27.4 Å². The quantitative estimate of drug-likeness (QED) is 0.930. The molecule has 0 saturated heterocycles. The zero-order chi connectivity index (χ0) is 14.2. The highest BCUT2D eigenvalue weighted by Gasteiger charge is 2.21. The molecule has 4 rings (SSSR count). The van der Waals surface area contributed by atoms with E-state index in [1.54, 1.807) is 0 Å². The number of fused-ring (bicyclic) bond motifs is 1. The Hall–Kier alpha value is -1.88. The Labute approximate surface area is 125 Å². The molecule has 1 aromatic carbocycles. The number of benzene rings is 1. The first kappa shape index (κ1) is 12.8. The zero-order valence-electron chi connectivity index (χ0n) is 12.4. The SMILES string of the molecule is Cc1cc(N2CCn3cnnc3C2)ccc1CNC1CC1. The van der Waals surface area contributed by atoms with Crippen LogP contribution in [0.4, 0.5) is 5.69 Å². The minimum atomic E-state index is 0.762. The van der Waals surface area contributed by atoms with Gasteiger partial charge in [-0.2, -0.15) is 0 Å². The predicted octanol–water partition coefficient (Wildman–Crippen LogP) is 1.86. The lowest BCUT2D eigenvalue weighted by molar-refractivity contribution is 0.560. The van der Waals surface area contributed by atoms with E-state index in [2.05, 4.69) is 50.1 Å². The van der Waals surface area contributed by atoms with Crippen molar-refractivity contribution in [2.45, 2.75) is 45.4 Å². The highest BCUT2D eigenvalue weighted by molar-refractivity contribution is 5.51. The average Bonchev–Trinajstić information content (AvgIpc) is 3.21. The second-order valence-electron chi connectivity index (χ2n) is 6.13. The Morgan fingerprint density at radius 1 is 1.29 bits per heavy atom. The molecule has 5 nitrogen and oxygen atoms in total. The number of rotatable bonds is 4. The van der Waals surface area contributed by atoms with Crippen LogP contribution in [0.25, 0.3) is 0 Å². The molecule has 1 aliphatic heterocycles. The standard InChI is InChI=1S/C16H21N5/c1-12-8-15(5-2-13(12)9-17-14-3-4-14)20-6-7-21-11-18-19-16(21)10-20/h2,5,8,11,14,17H,3-4,6-7,9-10H2,1H3. The van der Waals surface area contributed by atoms with Gasteiger partial charge < -0.3 is 14.8 Å². The summed E-state index contributed by atoms with van der Waals surface area (Å²) in [5.41, 5.74) is 4.07. The number of nitrogens with one attached hydrogen (secondary N) is 1. The van der Waals surface area contributed by atoms with Gasteiger partial charge in [0.2, 0.25) is 0 Å². The number of nitrogens with zero attached hydrogens (tertiary/aromatic N) is 4. The lowest BCUT2D eigenvalue weighted by atomic mass is 10.1. The second kappa shape index (κ2) is 5.15. The van der Waals surface area contributed by atoms with Crippen molar-refractivity contribution in [3.8, 4) is 0 Å². The van der Waals surface area contributed by atoms with Gasteiger partial charge in [0.25, 0.3) is 0 Å². The Kier molecular flexibility index (Phi) is 3.15. The fourth-order valence-corrected chi connectivity index (χ4v) is 2.90. The third-order valence-electron chi connectivity index (χ3n) is 4.49. The summed E-state index contributed by atoms with van der Waals surface area (Å²) < 4.78 is 2.14. The molecule has 2 heterocycles. The normalized spacial score (nSPS) is 17.9. The maximum atomic E-state index is 4.19. The van der Waals surface area contributed by atoms with Crippen molar-refractivity contribution in [2.75, 3.05) is 11.4 Å². The molecule has 1 fully saturated rings. The van der Waals surface area contributed by atoms with E-state index in [-0.39, 0.29) is 0 Å². The number of hydrogen-bond donors (Lipinski definition) is 1. The maximum Gasteiger partial charge on any atom is 0.152 e.